The predicted molar refractivity (Wildman–Crippen MR) is 130 cm³/mol. The van der Waals surface area contributed by atoms with E-state index in [9.17, 15) is 24.3 Å². The van der Waals surface area contributed by atoms with Gasteiger partial charge < -0.3 is 15.2 Å². The number of nitrogens with zero attached hydrogens (tertiary/aromatic N) is 1. The van der Waals surface area contributed by atoms with Crippen molar-refractivity contribution in [3.63, 3.8) is 0 Å². The quantitative estimate of drug-likeness (QED) is 0.378. The number of hydrogen-bond donors (Lipinski definition) is 3. The summed E-state index contributed by atoms with van der Waals surface area (Å²) in [6.07, 6.45) is 0. The Bertz CT molecular complexity index is 1540. The van der Waals surface area contributed by atoms with Crippen molar-refractivity contribution < 1.29 is 19.4 Å². The lowest BCUT2D eigenvalue weighted by Gasteiger charge is -2.18. The Balaban J connectivity index is 1.66. The van der Waals surface area contributed by atoms with Crippen molar-refractivity contribution in [2.24, 2.45) is 0 Å². The number of amides is 1. The molecule has 3 aromatic carbocycles. The molecule has 1 heterocycles. The van der Waals surface area contributed by atoms with Crippen LogP contribution in [-0.4, -0.2) is 33.6 Å². The molecular weight excluding hydrogens is 450 g/mol. The number of hydrogen-bond acceptors (Lipinski definition) is 5. The number of carboxylic acid groups (broad SMARTS) is 1. The lowest BCUT2D eigenvalue weighted by atomic mass is 10.0. The molecule has 1 aromatic heterocycles. The van der Waals surface area contributed by atoms with E-state index in [4.69, 9.17) is 4.74 Å². The van der Waals surface area contributed by atoms with Gasteiger partial charge in [-0.1, -0.05) is 24.3 Å². The van der Waals surface area contributed by atoms with Gasteiger partial charge in [0.05, 0.1) is 29.6 Å². The molecule has 9 heteroatoms. The average Bonchev–Trinajstić information content (AvgIpc) is 2.87. The van der Waals surface area contributed by atoms with E-state index in [0.717, 1.165) is 5.56 Å². The van der Waals surface area contributed by atoms with E-state index in [-0.39, 0.29) is 29.0 Å². The van der Waals surface area contributed by atoms with E-state index in [1.807, 2.05) is 12.1 Å². The molecule has 178 valence electrons. The fraction of sp³-hybridized carbons (Fsp3) is 0.154. The van der Waals surface area contributed by atoms with Crippen LogP contribution in [0.2, 0.25) is 0 Å². The third kappa shape index (κ3) is 4.84. The van der Waals surface area contributed by atoms with Crippen molar-refractivity contribution in [1.82, 2.24) is 14.9 Å². The van der Waals surface area contributed by atoms with Gasteiger partial charge in [-0.25, -0.2) is 9.59 Å². The van der Waals surface area contributed by atoms with E-state index >= 15 is 0 Å². The molecule has 0 aliphatic carbocycles. The van der Waals surface area contributed by atoms with E-state index in [1.165, 1.54) is 22.8 Å². The Morgan fingerprint density at radius 1 is 1.03 bits per heavy atom. The lowest BCUT2D eigenvalue weighted by Crippen LogP contribution is -2.33. The van der Waals surface area contributed by atoms with Crippen LogP contribution < -0.4 is 21.3 Å². The maximum atomic E-state index is 12.7. The summed E-state index contributed by atoms with van der Waals surface area (Å²) in [6.45, 7) is 2.02. The van der Waals surface area contributed by atoms with Crippen LogP contribution in [0.15, 0.2) is 76.3 Å². The molecule has 1 amide bonds. The van der Waals surface area contributed by atoms with Crippen molar-refractivity contribution >= 4 is 22.8 Å². The number of rotatable bonds is 7. The van der Waals surface area contributed by atoms with Crippen LogP contribution in [-0.2, 0) is 6.54 Å². The Morgan fingerprint density at radius 3 is 2.46 bits per heavy atom. The number of fused-ring (bicyclic) bond motifs is 1. The molecule has 0 aliphatic rings. The average molecular weight is 473 g/mol. The van der Waals surface area contributed by atoms with Gasteiger partial charge in [-0.15, -0.1) is 0 Å². The molecule has 0 aliphatic heterocycles. The van der Waals surface area contributed by atoms with E-state index in [0.29, 0.717) is 16.8 Å². The zero-order chi connectivity index (χ0) is 25.1. The molecule has 0 bridgehead atoms. The third-order valence-electron chi connectivity index (χ3n) is 5.82. The monoisotopic (exact) mass is 473 g/mol. The number of nitrogens with one attached hydrogen (secondary N) is 2. The first kappa shape index (κ1) is 23.5. The molecule has 4 aromatic rings. The van der Waals surface area contributed by atoms with Crippen LogP contribution in [0.5, 0.6) is 5.75 Å². The Kier molecular flexibility index (Phi) is 6.50. The zero-order valence-corrected chi connectivity index (χ0v) is 19.1. The zero-order valence-electron chi connectivity index (χ0n) is 19.1. The van der Waals surface area contributed by atoms with Gasteiger partial charge in [0.1, 0.15) is 5.75 Å². The van der Waals surface area contributed by atoms with Crippen LogP contribution in [0, 0.1) is 0 Å². The summed E-state index contributed by atoms with van der Waals surface area (Å²) in [6, 6.07) is 17.5. The van der Waals surface area contributed by atoms with Crippen molar-refractivity contribution in [2.45, 2.75) is 19.5 Å². The first-order chi connectivity index (χ1) is 16.8. The second kappa shape index (κ2) is 9.68. The largest absolute Gasteiger partial charge is 0.497 e. The number of carbonyl (C=O) groups excluding carboxylic acids is 1. The van der Waals surface area contributed by atoms with Gasteiger partial charge in [0.15, 0.2) is 0 Å². The van der Waals surface area contributed by atoms with E-state index < -0.39 is 23.3 Å². The predicted octanol–water partition coefficient (Wildman–Crippen LogP) is 2.94. The fourth-order valence-electron chi connectivity index (χ4n) is 3.90. The molecular formula is C26H23N3O6. The minimum absolute atomic E-state index is 0.0898. The SMILES string of the molecule is COc1ccc(CNC(=O)c2ccc3c(c2)c(=O)[nH]c(=O)n3C(C)c2cccc(C(=O)O)c2)cc1. The Morgan fingerprint density at radius 2 is 1.77 bits per heavy atom. The summed E-state index contributed by atoms with van der Waals surface area (Å²) in [5.41, 5.74) is 0.906. The van der Waals surface area contributed by atoms with E-state index in [1.54, 1.807) is 50.4 Å². The summed E-state index contributed by atoms with van der Waals surface area (Å²) in [5.74, 6) is -0.742. The fourth-order valence-corrected chi connectivity index (χ4v) is 3.90. The first-order valence-corrected chi connectivity index (χ1v) is 10.8. The Hall–Kier alpha value is -4.66. The second-order valence-corrected chi connectivity index (χ2v) is 8.00. The second-order valence-electron chi connectivity index (χ2n) is 8.00. The molecule has 0 saturated heterocycles. The van der Waals surface area contributed by atoms with Gasteiger partial charge in [-0.3, -0.25) is 19.1 Å². The van der Waals surface area contributed by atoms with Crippen molar-refractivity contribution in [2.75, 3.05) is 7.11 Å². The number of benzene rings is 3. The van der Waals surface area contributed by atoms with Gasteiger partial charge in [0.25, 0.3) is 11.5 Å². The summed E-state index contributed by atoms with van der Waals surface area (Å²) >= 11 is 0. The maximum absolute atomic E-state index is 12.7. The third-order valence-corrected chi connectivity index (χ3v) is 5.82. The standard InChI is InChI=1S/C26H23N3O6/c1-15(17-4-3-5-19(12-17)25(32)33)29-22-11-8-18(13-21(22)24(31)28-26(29)34)23(30)27-14-16-6-9-20(35-2)10-7-16/h3-13,15H,14H2,1-2H3,(H,27,30)(H,32,33)(H,28,31,34). The molecule has 0 fully saturated rings. The highest BCUT2D eigenvalue weighted by Crippen LogP contribution is 2.22. The highest BCUT2D eigenvalue weighted by molar-refractivity contribution is 5.97. The summed E-state index contributed by atoms with van der Waals surface area (Å²) in [7, 11) is 1.58. The summed E-state index contributed by atoms with van der Waals surface area (Å²) < 4.78 is 6.50. The topological polar surface area (TPSA) is 130 Å². The highest BCUT2D eigenvalue weighted by Gasteiger charge is 2.18. The van der Waals surface area contributed by atoms with Gasteiger partial charge in [0, 0.05) is 12.1 Å². The summed E-state index contributed by atoms with van der Waals surface area (Å²) in [5, 5.41) is 12.3. The van der Waals surface area contributed by atoms with Gasteiger partial charge >= 0.3 is 11.7 Å². The maximum Gasteiger partial charge on any atom is 0.335 e. The molecule has 1 atom stereocenters. The smallest absolute Gasteiger partial charge is 0.335 e. The number of carbonyl (C=O) groups is 2. The van der Waals surface area contributed by atoms with E-state index in [2.05, 4.69) is 10.3 Å². The number of ether oxygens (including phenoxy) is 1. The highest BCUT2D eigenvalue weighted by atomic mass is 16.5. The van der Waals surface area contributed by atoms with Crippen LogP contribution in [0.4, 0.5) is 0 Å². The van der Waals surface area contributed by atoms with Gasteiger partial charge in [0.2, 0.25) is 0 Å². The molecule has 3 N–H and O–H groups in total. The number of aromatic nitrogens is 2. The van der Waals surface area contributed by atoms with Crippen LogP contribution in [0.3, 0.4) is 0 Å². The lowest BCUT2D eigenvalue weighted by molar-refractivity contribution is 0.0696. The summed E-state index contributed by atoms with van der Waals surface area (Å²) in [4.78, 5) is 51.7. The number of methoxy groups -OCH3 is 1. The van der Waals surface area contributed by atoms with Crippen molar-refractivity contribution in [3.05, 3.63) is 110 Å². The molecule has 1 unspecified atom stereocenters. The minimum Gasteiger partial charge on any atom is -0.497 e. The van der Waals surface area contributed by atoms with Crippen LogP contribution in [0.25, 0.3) is 10.9 Å². The first-order valence-electron chi connectivity index (χ1n) is 10.8. The number of aromatic carboxylic acids is 1. The van der Waals surface area contributed by atoms with Gasteiger partial charge in [-0.05, 0) is 60.5 Å². The van der Waals surface area contributed by atoms with Crippen LogP contribution >= 0.6 is 0 Å². The van der Waals surface area contributed by atoms with Gasteiger partial charge in [-0.2, -0.15) is 0 Å². The molecule has 0 saturated carbocycles. The number of aromatic amines is 1. The normalized spacial score (nSPS) is 11.7. The van der Waals surface area contributed by atoms with Crippen LogP contribution in [0.1, 0.15) is 44.8 Å². The molecule has 4 rings (SSSR count). The Labute approximate surface area is 199 Å². The van der Waals surface area contributed by atoms with Crippen molar-refractivity contribution in [1.29, 1.82) is 0 Å². The molecule has 9 nitrogen and oxygen atoms in total. The molecule has 0 spiro atoms. The number of carboxylic acids is 1. The van der Waals surface area contributed by atoms with Crippen molar-refractivity contribution in [3.8, 4) is 5.75 Å². The molecule has 0 radical (unpaired) electrons. The molecule has 35 heavy (non-hydrogen) atoms. The minimum atomic E-state index is -1.08. The number of H-pyrrole nitrogens is 1.